The third-order valence-electron chi connectivity index (χ3n) is 2.67. The Kier molecular flexibility index (Phi) is 2.42. The molecule has 2 rings (SSSR count). The summed E-state index contributed by atoms with van der Waals surface area (Å²) in [5.74, 6) is 1.36. The third kappa shape index (κ3) is 1.73. The molecule has 0 bridgehead atoms. The lowest BCUT2D eigenvalue weighted by Gasteiger charge is -2.42. The van der Waals surface area contributed by atoms with Crippen molar-refractivity contribution in [2.24, 2.45) is 0 Å². The van der Waals surface area contributed by atoms with Crippen molar-refractivity contribution in [3.8, 4) is 0 Å². The smallest absolute Gasteiger partial charge is 0.0636 e. The van der Waals surface area contributed by atoms with Gasteiger partial charge in [0.2, 0.25) is 0 Å². The average molecular weight is 172 g/mol. The average Bonchev–Trinajstić information content (AvgIpc) is 1.82. The van der Waals surface area contributed by atoms with Gasteiger partial charge in [-0.25, -0.2) is 0 Å². The molecule has 0 aromatic carbocycles. The Morgan fingerprint density at radius 1 is 1.00 bits per heavy atom. The highest BCUT2D eigenvalue weighted by molar-refractivity contribution is 8.00. The van der Waals surface area contributed by atoms with Crippen LogP contribution >= 0.6 is 11.8 Å². The van der Waals surface area contributed by atoms with Crippen LogP contribution in [-0.2, 0) is 4.74 Å². The van der Waals surface area contributed by atoms with Gasteiger partial charge in [0.1, 0.15) is 0 Å². The van der Waals surface area contributed by atoms with Gasteiger partial charge in [0, 0.05) is 0 Å². The predicted octanol–water partition coefficient (Wildman–Crippen LogP) is 2.45. The molecule has 0 aromatic rings. The van der Waals surface area contributed by atoms with Gasteiger partial charge in [-0.1, -0.05) is 19.3 Å². The number of ether oxygens (including phenoxy) is 1. The zero-order valence-electron chi connectivity index (χ0n) is 6.97. The van der Waals surface area contributed by atoms with Crippen LogP contribution in [0, 0.1) is 0 Å². The van der Waals surface area contributed by atoms with Crippen LogP contribution in [0.5, 0.6) is 0 Å². The van der Waals surface area contributed by atoms with Crippen molar-refractivity contribution in [2.75, 3.05) is 19.0 Å². The van der Waals surface area contributed by atoms with Crippen molar-refractivity contribution in [1.82, 2.24) is 0 Å². The third-order valence-corrected chi connectivity index (χ3v) is 4.21. The first-order valence-electron chi connectivity index (χ1n) is 4.63. The van der Waals surface area contributed by atoms with Gasteiger partial charge in [-0.3, -0.25) is 0 Å². The van der Waals surface area contributed by atoms with Gasteiger partial charge in [0.25, 0.3) is 0 Å². The number of thioether (sulfide) groups is 1. The van der Waals surface area contributed by atoms with Crippen molar-refractivity contribution in [1.29, 1.82) is 0 Å². The van der Waals surface area contributed by atoms with Crippen LogP contribution in [-0.4, -0.2) is 23.7 Å². The maximum atomic E-state index is 5.29. The van der Waals surface area contributed by atoms with Gasteiger partial charge in [-0.05, 0) is 18.6 Å². The fourth-order valence-corrected chi connectivity index (χ4v) is 3.22. The number of hydrogen-bond donors (Lipinski definition) is 0. The van der Waals surface area contributed by atoms with Crippen molar-refractivity contribution in [3.63, 3.8) is 0 Å². The zero-order valence-corrected chi connectivity index (χ0v) is 7.79. The molecule has 0 aliphatic carbocycles. The highest BCUT2D eigenvalue weighted by Gasteiger charge is 2.38. The molecule has 1 nitrogen and oxygen atoms in total. The Balaban J connectivity index is 1.86. The zero-order chi connectivity index (χ0) is 7.57. The molecule has 64 valence electrons. The Bertz CT molecular complexity index is 122. The summed E-state index contributed by atoms with van der Waals surface area (Å²) in [6, 6.07) is 0. The fourth-order valence-electron chi connectivity index (χ4n) is 1.82. The fraction of sp³-hybridized carbons (Fsp3) is 1.00. The quantitative estimate of drug-likeness (QED) is 0.555. The molecule has 2 heteroatoms. The van der Waals surface area contributed by atoms with E-state index in [1.54, 1.807) is 0 Å². The molecule has 2 aliphatic heterocycles. The van der Waals surface area contributed by atoms with Crippen LogP contribution in [0.1, 0.15) is 32.1 Å². The van der Waals surface area contributed by atoms with E-state index in [1.165, 1.54) is 37.9 Å². The minimum absolute atomic E-state index is 0.570. The second kappa shape index (κ2) is 3.36. The number of rotatable bonds is 0. The van der Waals surface area contributed by atoms with Gasteiger partial charge < -0.3 is 4.74 Å². The molecule has 2 fully saturated rings. The standard InChI is InChI=1S/C9H16OS/c1-2-4-6-11-9(5-3-1)7-10-8-9/h1-8H2. The van der Waals surface area contributed by atoms with E-state index in [0.29, 0.717) is 4.75 Å². The minimum atomic E-state index is 0.570. The van der Waals surface area contributed by atoms with E-state index in [-0.39, 0.29) is 0 Å². The lowest BCUT2D eigenvalue weighted by Crippen LogP contribution is -2.47. The highest BCUT2D eigenvalue weighted by Crippen LogP contribution is 2.39. The SMILES string of the molecule is C1CCCC2(COC2)SCC1. The normalized spacial score (nSPS) is 30.5. The monoisotopic (exact) mass is 172 g/mol. The molecule has 1 spiro atoms. The van der Waals surface area contributed by atoms with E-state index in [4.69, 9.17) is 4.74 Å². The van der Waals surface area contributed by atoms with Crippen LogP contribution in [0.3, 0.4) is 0 Å². The molecule has 0 radical (unpaired) electrons. The molecule has 2 heterocycles. The van der Waals surface area contributed by atoms with E-state index in [0.717, 1.165) is 13.2 Å². The summed E-state index contributed by atoms with van der Waals surface area (Å²) in [7, 11) is 0. The largest absolute Gasteiger partial charge is 0.378 e. The van der Waals surface area contributed by atoms with Crippen molar-refractivity contribution >= 4 is 11.8 Å². The molecule has 11 heavy (non-hydrogen) atoms. The van der Waals surface area contributed by atoms with Crippen LogP contribution < -0.4 is 0 Å². The van der Waals surface area contributed by atoms with Crippen molar-refractivity contribution < 1.29 is 4.74 Å². The molecule has 2 saturated heterocycles. The summed E-state index contributed by atoms with van der Waals surface area (Å²) in [4.78, 5) is 0. The molecule has 0 atom stereocenters. The molecule has 0 amide bonds. The van der Waals surface area contributed by atoms with Crippen molar-refractivity contribution in [2.45, 2.75) is 36.9 Å². The maximum absolute atomic E-state index is 5.29. The lowest BCUT2D eigenvalue weighted by molar-refractivity contribution is -0.0135. The topological polar surface area (TPSA) is 9.23 Å². The second-order valence-corrected chi connectivity index (χ2v) is 5.25. The summed E-state index contributed by atoms with van der Waals surface area (Å²) in [5, 5.41) is 0. The van der Waals surface area contributed by atoms with Crippen molar-refractivity contribution in [3.05, 3.63) is 0 Å². The van der Waals surface area contributed by atoms with E-state index in [2.05, 4.69) is 11.8 Å². The first kappa shape index (κ1) is 7.93. The molecule has 0 N–H and O–H groups in total. The van der Waals surface area contributed by atoms with Crippen LogP contribution in [0.4, 0.5) is 0 Å². The van der Waals surface area contributed by atoms with E-state index in [1.807, 2.05) is 0 Å². The van der Waals surface area contributed by atoms with Gasteiger partial charge in [0.05, 0.1) is 18.0 Å². The second-order valence-electron chi connectivity index (χ2n) is 3.69. The Morgan fingerprint density at radius 3 is 2.55 bits per heavy atom. The molecule has 0 unspecified atom stereocenters. The Hall–Kier alpha value is 0.310. The predicted molar refractivity (Wildman–Crippen MR) is 49.1 cm³/mol. The van der Waals surface area contributed by atoms with E-state index < -0.39 is 0 Å². The maximum Gasteiger partial charge on any atom is 0.0636 e. The van der Waals surface area contributed by atoms with E-state index >= 15 is 0 Å². The van der Waals surface area contributed by atoms with Gasteiger partial charge in [-0.2, -0.15) is 11.8 Å². The van der Waals surface area contributed by atoms with Gasteiger partial charge in [-0.15, -0.1) is 0 Å². The van der Waals surface area contributed by atoms with Crippen LogP contribution in [0.25, 0.3) is 0 Å². The molecule has 0 aromatic heterocycles. The molecular weight excluding hydrogens is 156 g/mol. The molecule has 2 aliphatic rings. The summed E-state index contributed by atoms with van der Waals surface area (Å²) in [5.41, 5.74) is 0. The highest BCUT2D eigenvalue weighted by atomic mass is 32.2. The minimum Gasteiger partial charge on any atom is -0.378 e. The first-order chi connectivity index (χ1) is 5.41. The van der Waals surface area contributed by atoms with Gasteiger partial charge >= 0.3 is 0 Å². The van der Waals surface area contributed by atoms with Gasteiger partial charge in [0.15, 0.2) is 0 Å². The Labute approximate surface area is 72.9 Å². The lowest BCUT2D eigenvalue weighted by atomic mass is 9.98. The number of hydrogen-bond acceptors (Lipinski definition) is 2. The summed E-state index contributed by atoms with van der Waals surface area (Å²) >= 11 is 2.16. The molecule has 0 saturated carbocycles. The van der Waals surface area contributed by atoms with E-state index in [9.17, 15) is 0 Å². The van der Waals surface area contributed by atoms with Crippen LogP contribution in [0.15, 0.2) is 0 Å². The Morgan fingerprint density at radius 2 is 1.82 bits per heavy atom. The summed E-state index contributed by atoms with van der Waals surface area (Å²) in [6.45, 7) is 2.05. The molecular formula is C9H16OS. The first-order valence-corrected chi connectivity index (χ1v) is 5.62. The summed E-state index contributed by atoms with van der Waals surface area (Å²) < 4.78 is 5.86. The van der Waals surface area contributed by atoms with Crippen LogP contribution in [0.2, 0.25) is 0 Å². The summed E-state index contributed by atoms with van der Waals surface area (Å²) in [6.07, 6.45) is 7.15.